The monoisotopic (exact) mass is 111 g/mol. The molecule has 1 aliphatic heterocycles. The lowest BCUT2D eigenvalue weighted by atomic mass is 10.5. The number of hydroxylamine groups is 2. The highest BCUT2D eigenvalue weighted by Crippen LogP contribution is 1.96. The molecule has 0 unspecified atom stereocenters. The zero-order valence-electron chi connectivity index (χ0n) is 4.71. The SMILES string of the molecule is C=CN1CC=CCO1. The maximum absolute atomic E-state index is 5.06. The van der Waals surface area contributed by atoms with E-state index in [4.69, 9.17) is 4.84 Å². The first-order chi connectivity index (χ1) is 3.93. The molecule has 0 aromatic carbocycles. The van der Waals surface area contributed by atoms with Gasteiger partial charge in [-0.05, 0) is 0 Å². The van der Waals surface area contributed by atoms with Crippen molar-refractivity contribution >= 4 is 0 Å². The molecule has 0 radical (unpaired) electrons. The Morgan fingerprint density at radius 3 is 2.88 bits per heavy atom. The molecule has 1 rings (SSSR count). The molecule has 0 fully saturated rings. The molecule has 44 valence electrons. The number of rotatable bonds is 1. The normalized spacial score (nSPS) is 18.8. The Morgan fingerprint density at radius 2 is 2.50 bits per heavy atom. The molecule has 1 heterocycles. The minimum atomic E-state index is 0.673. The van der Waals surface area contributed by atoms with Crippen molar-refractivity contribution in [1.29, 1.82) is 0 Å². The molecule has 2 heteroatoms. The van der Waals surface area contributed by atoms with Crippen LogP contribution in [0.5, 0.6) is 0 Å². The highest BCUT2D eigenvalue weighted by molar-refractivity contribution is 4.88. The zero-order valence-corrected chi connectivity index (χ0v) is 4.71. The molecule has 0 amide bonds. The quantitative estimate of drug-likeness (QED) is 0.467. The van der Waals surface area contributed by atoms with Crippen LogP contribution in [0.3, 0.4) is 0 Å². The van der Waals surface area contributed by atoms with Crippen LogP contribution in [-0.4, -0.2) is 18.2 Å². The van der Waals surface area contributed by atoms with Crippen LogP contribution in [-0.2, 0) is 4.84 Å². The van der Waals surface area contributed by atoms with Gasteiger partial charge in [-0.1, -0.05) is 18.7 Å². The predicted octanol–water partition coefficient (Wildman–Crippen LogP) is 0.933. The molecule has 0 aromatic heterocycles. The summed E-state index contributed by atoms with van der Waals surface area (Å²) in [5.74, 6) is 0. The molecule has 8 heavy (non-hydrogen) atoms. The highest BCUT2D eigenvalue weighted by atomic mass is 16.7. The Kier molecular flexibility index (Phi) is 1.70. The third kappa shape index (κ3) is 1.10. The van der Waals surface area contributed by atoms with Gasteiger partial charge in [0.2, 0.25) is 0 Å². The lowest BCUT2D eigenvalue weighted by Crippen LogP contribution is -2.20. The van der Waals surface area contributed by atoms with Crippen molar-refractivity contribution in [3.63, 3.8) is 0 Å². The Labute approximate surface area is 49.0 Å². The van der Waals surface area contributed by atoms with Crippen molar-refractivity contribution in [2.75, 3.05) is 13.2 Å². The van der Waals surface area contributed by atoms with E-state index < -0.39 is 0 Å². The lowest BCUT2D eigenvalue weighted by Gasteiger charge is -2.19. The molecule has 2 nitrogen and oxygen atoms in total. The van der Waals surface area contributed by atoms with Crippen LogP contribution in [0.25, 0.3) is 0 Å². The molecule has 0 N–H and O–H groups in total. The van der Waals surface area contributed by atoms with Gasteiger partial charge in [0.1, 0.15) is 0 Å². The van der Waals surface area contributed by atoms with Gasteiger partial charge in [-0.15, -0.1) is 0 Å². The first-order valence-electron chi connectivity index (χ1n) is 2.60. The van der Waals surface area contributed by atoms with Crippen LogP contribution in [0, 0.1) is 0 Å². The predicted molar refractivity (Wildman–Crippen MR) is 32.0 cm³/mol. The minimum absolute atomic E-state index is 0.673. The van der Waals surface area contributed by atoms with E-state index in [1.807, 2.05) is 12.2 Å². The van der Waals surface area contributed by atoms with Gasteiger partial charge >= 0.3 is 0 Å². The molecule has 0 atom stereocenters. The van der Waals surface area contributed by atoms with E-state index in [2.05, 4.69) is 6.58 Å². The van der Waals surface area contributed by atoms with E-state index in [9.17, 15) is 0 Å². The van der Waals surface area contributed by atoms with E-state index in [-0.39, 0.29) is 0 Å². The van der Waals surface area contributed by atoms with Gasteiger partial charge in [-0.2, -0.15) is 0 Å². The molecule has 0 saturated heterocycles. The second-order valence-corrected chi connectivity index (χ2v) is 1.55. The van der Waals surface area contributed by atoms with Crippen LogP contribution in [0.4, 0.5) is 0 Å². The van der Waals surface area contributed by atoms with Crippen molar-refractivity contribution in [2.45, 2.75) is 0 Å². The van der Waals surface area contributed by atoms with E-state index in [0.29, 0.717) is 6.61 Å². The maximum atomic E-state index is 5.06. The van der Waals surface area contributed by atoms with E-state index in [1.54, 1.807) is 11.3 Å². The summed E-state index contributed by atoms with van der Waals surface area (Å²) in [5.41, 5.74) is 0. The summed E-state index contributed by atoms with van der Waals surface area (Å²) < 4.78 is 0. The topological polar surface area (TPSA) is 12.5 Å². The highest BCUT2D eigenvalue weighted by Gasteiger charge is 1.96. The summed E-state index contributed by atoms with van der Waals surface area (Å²) in [5, 5.41) is 1.69. The smallest absolute Gasteiger partial charge is 0.0930 e. The van der Waals surface area contributed by atoms with E-state index >= 15 is 0 Å². The van der Waals surface area contributed by atoms with Crippen LogP contribution < -0.4 is 0 Å². The number of hydrogen-bond acceptors (Lipinski definition) is 2. The average molecular weight is 111 g/mol. The summed E-state index contributed by atoms with van der Waals surface area (Å²) in [6, 6.07) is 0. The van der Waals surface area contributed by atoms with Crippen LogP contribution in [0.1, 0.15) is 0 Å². The van der Waals surface area contributed by atoms with Gasteiger partial charge in [-0.3, -0.25) is 9.90 Å². The van der Waals surface area contributed by atoms with E-state index in [0.717, 1.165) is 6.54 Å². The maximum Gasteiger partial charge on any atom is 0.0930 e. The van der Waals surface area contributed by atoms with Crippen LogP contribution in [0.2, 0.25) is 0 Å². The molecule has 1 aliphatic rings. The largest absolute Gasteiger partial charge is 0.270 e. The van der Waals surface area contributed by atoms with Gasteiger partial charge in [0.25, 0.3) is 0 Å². The third-order valence-electron chi connectivity index (χ3n) is 0.992. The molecular weight excluding hydrogens is 102 g/mol. The Hall–Kier alpha value is -0.760. The molecule has 0 bridgehead atoms. The number of hydrogen-bond donors (Lipinski definition) is 0. The van der Waals surface area contributed by atoms with Gasteiger partial charge in [0.05, 0.1) is 13.2 Å². The summed E-state index contributed by atoms with van der Waals surface area (Å²) in [4.78, 5) is 5.06. The zero-order chi connectivity index (χ0) is 5.82. The first kappa shape index (κ1) is 5.38. The van der Waals surface area contributed by atoms with E-state index in [1.165, 1.54) is 0 Å². The van der Waals surface area contributed by atoms with Crippen molar-refractivity contribution < 1.29 is 4.84 Å². The molecule has 0 aromatic rings. The summed E-state index contributed by atoms with van der Waals surface area (Å²) in [6.07, 6.45) is 5.70. The molecule has 0 saturated carbocycles. The Bertz CT molecular complexity index is 109. The standard InChI is InChI=1S/C6H9NO/c1-2-7-5-3-4-6-8-7/h2-4H,1,5-6H2. The van der Waals surface area contributed by atoms with Gasteiger partial charge < -0.3 is 0 Å². The van der Waals surface area contributed by atoms with Crippen molar-refractivity contribution in [1.82, 2.24) is 5.06 Å². The third-order valence-corrected chi connectivity index (χ3v) is 0.992. The minimum Gasteiger partial charge on any atom is -0.270 e. The fourth-order valence-corrected chi connectivity index (χ4v) is 0.565. The van der Waals surface area contributed by atoms with Crippen LogP contribution >= 0.6 is 0 Å². The van der Waals surface area contributed by atoms with Gasteiger partial charge in [-0.25, -0.2) is 0 Å². The summed E-state index contributed by atoms with van der Waals surface area (Å²) in [7, 11) is 0. The Morgan fingerprint density at radius 1 is 1.62 bits per heavy atom. The second-order valence-electron chi connectivity index (χ2n) is 1.55. The van der Waals surface area contributed by atoms with Crippen molar-refractivity contribution in [2.24, 2.45) is 0 Å². The van der Waals surface area contributed by atoms with Crippen molar-refractivity contribution in [3.8, 4) is 0 Å². The lowest BCUT2D eigenvalue weighted by molar-refractivity contribution is -0.105. The molecule has 0 spiro atoms. The van der Waals surface area contributed by atoms with Gasteiger partial charge in [0.15, 0.2) is 0 Å². The summed E-state index contributed by atoms with van der Waals surface area (Å²) in [6.45, 7) is 5.05. The fraction of sp³-hybridized carbons (Fsp3) is 0.333. The number of nitrogens with zero attached hydrogens (tertiary/aromatic N) is 1. The summed E-state index contributed by atoms with van der Waals surface area (Å²) >= 11 is 0. The Balaban J connectivity index is 2.37. The fourth-order valence-electron chi connectivity index (χ4n) is 0.565. The molecular formula is C6H9NO. The first-order valence-corrected chi connectivity index (χ1v) is 2.60. The van der Waals surface area contributed by atoms with Gasteiger partial charge in [0, 0.05) is 6.20 Å². The molecule has 0 aliphatic carbocycles. The van der Waals surface area contributed by atoms with Crippen LogP contribution in [0.15, 0.2) is 24.9 Å². The van der Waals surface area contributed by atoms with Crippen molar-refractivity contribution in [3.05, 3.63) is 24.9 Å². The average Bonchev–Trinajstić information content (AvgIpc) is 1.90. The second kappa shape index (κ2) is 2.52.